The van der Waals surface area contributed by atoms with Gasteiger partial charge in [0, 0.05) is 62.3 Å². The summed E-state index contributed by atoms with van der Waals surface area (Å²) in [7, 11) is 1.68. The molecule has 0 radical (unpaired) electrons. The number of para-hydroxylation sites is 1. The molecule has 31 heavy (non-hydrogen) atoms. The highest BCUT2D eigenvalue weighted by atomic mass is 32.1. The van der Waals surface area contributed by atoms with E-state index in [-0.39, 0.29) is 23.8 Å². The van der Waals surface area contributed by atoms with E-state index in [1.54, 1.807) is 31.6 Å². The third-order valence-corrected chi connectivity index (χ3v) is 6.79. The highest BCUT2D eigenvalue weighted by Gasteiger charge is 2.32. The van der Waals surface area contributed by atoms with Gasteiger partial charge >= 0.3 is 0 Å². The first-order valence-electron chi connectivity index (χ1n) is 10.6. The van der Waals surface area contributed by atoms with Crippen molar-refractivity contribution in [3.8, 4) is 0 Å². The van der Waals surface area contributed by atoms with Crippen molar-refractivity contribution in [2.75, 3.05) is 26.8 Å². The molecule has 0 unspecified atom stereocenters. The molecule has 3 heterocycles. The zero-order valence-electron chi connectivity index (χ0n) is 17.9. The lowest BCUT2D eigenvalue weighted by molar-refractivity contribution is -0.120. The van der Waals surface area contributed by atoms with Crippen LogP contribution in [0.25, 0.3) is 10.9 Å². The molecular formula is C23H28N4O3S. The molecule has 1 saturated heterocycles. The van der Waals surface area contributed by atoms with E-state index >= 15 is 0 Å². The van der Waals surface area contributed by atoms with Crippen molar-refractivity contribution in [1.82, 2.24) is 19.8 Å². The minimum absolute atomic E-state index is 0.0532. The van der Waals surface area contributed by atoms with Gasteiger partial charge in [-0.25, -0.2) is 4.98 Å². The third-order valence-electron chi connectivity index (χ3n) is 5.93. The average molecular weight is 441 g/mol. The van der Waals surface area contributed by atoms with Crippen LogP contribution in [-0.4, -0.2) is 53.1 Å². The zero-order chi connectivity index (χ0) is 21.8. The van der Waals surface area contributed by atoms with Gasteiger partial charge in [0.25, 0.3) is 5.91 Å². The first-order valence-corrected chi connectivity index (χ1v) is 11.5. The van der Waals surface area contributed by atoms with Gasteiger partial charge in [0.15, 0.2) is 0 Å². The van der Waals surface area contributed by atoms with Crippen LogP contribution in [0, 0.1) is 5.92 Å². The minimum atomic E-state index is -0.0919. The molecule has 7 nitrogen and oxygen atoms in total. The number of benzene rings is 1. The Morgan fingerprint density at radius 1 is 1.29 bits per heavy atom. The van der Waals surface area contributed by atoms with E-state index in [9.17, 15) is 9.59 Å². The zero-order valence-corrected chi connectivity index (χ0v) is 18.7. The minimum Gasteiger partial charge on any atom is -0.383 e. The van der Waals surface area contributed by atoms with E-state index < -0.39 is 0 Å². The van der Waals surface area contributed by atoms with Crippen LogP contribution in [-0.2, 0) is 16.1 Å². The lowest BCUT2D eigenvalue weighted by atomic mass is 9.89. The van der Waals surface area contributed by atoms with E-state index in [1.807, 2.05) is 40.7 Å². The monoisotopic (exact) mass is 440 g/mol. The summed E-state index contributed by atoms with van der Waals surface area (Å²) in [4.78, 5) is 31.5. The Bertz CT molecular complexity index is 1040. The van der Waals surface area contributed by atoms with Gasteiger partial charge in [0.1, 0.15) is 5.01 Å². The quantitative estimate of drug-likeness (QED) is 0.610. The number of nitrogens with one attached hydrogen (secondary N) is 1. The molecule has 1 fully saturated rings. The smallest absolute Gasteiger partial charge is 0.256 e. The van der Waals surface area contributed by atoms with E-state index in [0.29, 0.717) is 26.2 Å². The third kappa shape index (κ3) is 4.65. The second-order valence-electron chi connectivity index (χ2n) is 7.92. The number of thiazole rings is 1. The fourth-order valence-electron chi connectivity index (χ4n) is 4.39. The van der Waals surface area contributed by atoms with Gasteiger partial charge < -0.3 is 19.5 Å². The van der Waals surface area contributed by atoms with E-state index in [4.69, 9.17) is 4.74 Å². The Hall–Kier alpha value is -2.71. The number of ether oxygens (including phenoxy) is 1. The van der Waals surface area contributed by atoms with Crippen LogP contribution in [0.15, 0.2) is 42.0 Å². The number of methoxy groups -OCH3 is 1. The molecule has 164 valence electrons. The number of likely N-dealkylation sites (tertiary alicyclic amines) is 1. The van der Waals surface area contributed by atoms with Gasteiger partial charge in [-0.1, -0.05) is 18.2 Å². The standard InChI is InChI=1S/C23H28N4O3S/c1-16(28)25-21(22-24-9-14-31-22)17-7-10-26(11-8-17)23(29)19-15-27(12-13-30-2)20-6-4-3-5-18(19)20/h3-6,9,14-15,17,21H,7-8,10-13H2,1-2H3,(H,25,28)/t21-/m1/s1. The Morgan fingerprint density at radius 2 is 2.06 bits per heavy atom. The van der Waals surface area contributed by atoms with Crippen LogP contribution in [0.2, 0.25) is 0 Å². The largest absolute Gasteiger partial charge is 0.383 e. The van der Waals surface area contributed by atoms with Crippen LogP contribution >= 0.6 is 11.3 Å². The molecule has 1 aliphatic heterocycles. The summed E-state index contributed by atoms with van der Waals surface area (Å²) in [6.07, 6.45) is 5.39. The maximum absolute atomic E-state index is 13.4. The molecule has 4 rings (SSSR count). The van der Waals surface area contributed by atoms with Gasteiger partial charge in [0.2, 0.25) is 5.91 Å². The molecular weight excluding hydrogens is 412 g/mol. The van der Waals surface area contributed by atoms with Crippen molar-refractivity contribution in [2.45, 2.75) is 32.4 Å². The maximum atomic E-state index is 13.4. The summed E-state index contributed by atoms with van der Waals surface area (Å²) < 4.78 is 7.31. The first kappa shape index (κ1) is 21.5. The number of fused-ring (bicyclic) bond motifs is 1. The number of nitrogens with zero attached hydrogens (tertiary/aromatic N) is 3. The number of hydrogen-bond donors (Lipinski definition) is 1. The van der Waals surface area contributed by atoms with Crippen molar-refractivity contribution in [2.24, 2.45) is 5.92 Å². The van der Waals surface area contributed by atoms with Crippen LogP contribution in [0.4, 0.5) is 0 Å². The van der Waals surface area contributed by atoms with Gasteiger partial charge in [-0.15, -0.1) is 11.3 Å². The normalized spacial score (nSPS) is 15.9. The predicted octanol–water partition coefficient (Wildman–Crippen LogP) is 3.47. The molecule has 3 aromatic rings. The van der Waals surface area contributed by atoms with Crippen LogP contribution in [0.3, 0.4) is 0 Å². The molecule has 1 N–H and O–H groups in total. The first-order chi connectivity index (χ1) is 15.1. The van der Waals surface area contributed by atoms with Gasteiger partial charge in [-0.05, 0) is 24.8 Å². The van der Waals surface area contributed by atoms with Gasteiger partial charge in [-0.3, -0.25) is 9.59 Å². The lowest BCUT2D eigenvalue weighted by Crippen LogP contribution is -2.42. The number of aromatic nitrogens is 2. The van der Waals surface area contributed by atoms with E-state index in [0.717, 1.165) is 34.3 Å². The Balaban J connectivity index is 1.49. The van der Waals surface area contributed by atoms with Gasteiger partial charge in [-0.2, -0.15) is 0 Å². The van der Waals surface area contributed by atoms with Crippen molar-refractivity contribution in [3.63, 3.8) is 0 Å². The maximum Gasteiger partial charge on any atom is 0.256 e. The second-order valence-corrected chi connectivity index (χ2v) is 8.85. The number of piperidine rings is 1. The number of hydrogen-bond acceptors (Lipinski definition) is 5. The topological polar surface area (TPSA) is 76.5 Å². The summed E-state index contributed by atoms with van der Waals surface area (Å²) in [5.41, 5.74) is 1.79. The molecule has 2 amide bonds. The molecule has 0 aliphatic carbocycles. The van der Waals surface area contributed by atoms with Crippen molar-refractivity contribution in [1.29, 1.82) is 0 Å². The Kier molecular flexibility index (Phi) is 6.67. The van der Waals surface area contributed by atoms with E-state index in [1.165, 1.54) is 0 Å². The molecule has 8 heteroatoms. The highest BCUT2D eigenvalue weighted by molar-refractivity contribution is 7.09. The van der Waals surface area contributed by atoms with E-state index in [2.05, 4.69) is 14.9 Å². The van der Waals surface area contributed by atoms with Crippen LogP contribution in [0.5, 0.6) is 0 Å². The SMILES string of the molecule is COCCn1cc(C(=O)N2CCC([C@@H](NC(C)=O)c3nccs3)CC2)c2ccccc21. The lowest BCUT2D eigenvalue weighted by Gasteiger charge is -2.35. The summed E-state index contributed by atoms with van der Waals surface area (Å²) in [6.45, 7) is 4.18. The molecule has 0 spiro atoms. The number of carbonyl (C=O) groups is 2. The summed E-state index contributed by atoms with van der Waals surface area (Å²) >= 11 is 1.56. The summed E-state index contributed by atoms with van der Waals surface area (Å²) in [5, 5.41) is 6.91. The fraction of sp³-hybridized carbons (Fsp3) is 0.435. The molecule has 0 saturated carbocycles. The summed E-state index contributed by atoms with van der Waals surface area (Å²) in [5.74, 6) is 0.279. The number of rotatable bonds is 7. The molecule has 1 aliphatic rings. The number of amides is 2. The summed E-state index contributed by atoms with van der Waals surface area (Å²) in [6, 6.07) is 7.92. The number of carbonyl (C=O) groups excluding carboxylic acids is 2. The Labute approximate surface area is 186 Å². The average Bonchev–Trinajstić information content (AvgIpc) is 3.44. The van der Waals surface area contributed by atoms with Crippen LogP contribution < -0.4 is 5.32 Å². The molecule has 0 bridgehead atoms. The molecule has 2 aromatic heterocycles. The van der Waals surface area contributed by atoms with Crippen LogP contribution in [0.1, 0.15) is 41.2 Å². The predicted molar refractivity (Wildman–Crippen MR) is 121 cm³/mol. The molecule has 1 aromatic carbocycles. The van der Waals surface area contributed by atoms with Gasteiger partial charge in [0.05, 0.1) is 18.2 Å². The molecule has 1 atom stereocenters. The highest BCUT2D eigenvalue weighted by Crippen LogP contribution is 2.33. The Morgan fingerprint density at radius 3 is 2.74 bits per heavy atom. The van der Waals surface area contributed by atoms with Crippen molar-refractivity contribution >= 4 is 34.1 Å². The second kappa shape index (κ2) is 9.62. The van der Waals surface area contributed by atoms with Crippen molar-refractivity contribution < 1.29 is 14.3 Å². The van der Waals surface area contributed by atoms with Crippen molar-refractivity contribution in [3.05, 3.63) is 52.6 Å². The fourth-order valence-corrected chi connectivity index (χ4v) is 5.17.